The van der Waals surface area contributed by atoms with Crippen LogP contribution in [0.2, 0.25) is 0 Å². The number of ether oxygens (including phenoxy) is 2. The fraction of sp³-hybridized carbons (Fsp3) is 0.125. The number of nitro benzene ring substituents is 1. The third-order valence-electron chi connectivity index (χ3n) is 4.88. The highest BCUT2D eigenvalue weighted by Gasteiger charge is 2.14. The highest BCUT2D eigenvalue weighted by Crippen LogP contribution is 2.24. The van der Waals surface area contributed by atoms with Crippen LogP contribution in [0, 0.1) is 17.0 Å². The number of methoxy groups -OCH3 is 1. The number of nitrogens with one attached hydrogen (secondary N) is 1. The average molecular weight is 462 g/mol. The van der Waals surface area contributed by atoms with E-state index in [9.17, 15) is 19.7 Å². The largest absolute Gasteiger partial charge is 0.496 e. The van der Waals surface area contributed by atoms with E-state index in [1.54, 1.807) is 49.4 Å². The molecule has 0 saturated carbocycles. The number of hydrazone groups is 1. The summed E-state index contributed by atoms with van der Waals surface area (Å²) in [6, 6.07) is 15.9. The number of nitrogens with two attached hydrogens (primary N) is 1. The van der Waals surface area contributed by atoms with E-state index in [0.29, 0.717) is 28.2 Å². The van der Waals surface area contributed by atoms with Gasteiger partial charge >= 0.3 is 0 Å². The molecule has 0 aliphatic rings. The van der Waals surface area contributed by atoms with E-state index in [0.717, 1.165) is 0 Å². The molecule has 3 N–H and O–H groups in total. The molecule has 0 fully saturated rings. The SMILES string of the molecule is COc1ccc(/C=N/NC(=O)c2ccc([N+](=O)[O-])c(C)c2)cc1COc1ccccc1C(N)=O. The number of para-hydroxylation sites is 1. The number of hydrogen-bond acceptors (Lipinski definition) is 7. The van der Waals surface area contributed by atoms with Gasteiger partial charge in [0.15, 0.2) is 0 Å². The maximum atomic E-state index is 12.3. The Morgan fingerprint density at radius 3 is 2.56 bits per heavy atom. The predicted octanol–water partition coefficient (Wildman–Crippen LogP) is 3.35. The molecule has 0 heterocycles. The lowest BCUT2D eigenvalue weighted by molar-refractivity contribution is -0.385. The minimum Gasteiger partial charge on any atom is -0.496 e. The first-order chi connectivity index (χ1) is 16.3. The van der Waals surface area contributed by atoms with Crippen molar-refractivity contribution in [2.75, 3.05) is 7.11 Å². The van der Waals surface area contributed by atoms with E-state index >= 15 is 0 Å². The molecule has 3 aromatic rings. The molecule has 174 valence electrons. The summed E-state index contributed by atoms with van der Waals surface area (Å²) in [5, 5.41) is 14.9. The standard InChI is InChI=1S/C24H22N4O6/c1-15-11-17(8-9-20(15)28(31)32)24(30)27-26-13-16-7-10-21(33-2)18(12-16)14-34-22-6-4-3-5-19(22)23(25)29/h3-13H,14H2,1-2H3,(H2,25,29)(H,27,30)/b26-13+. The maximum Gasteiger partial charge on any atom is 0.272 e. The number of primary amides is 1. The van der Waals surface area contributed by atoms with Gasteiger partial charge in [0, 0.05) is 22.8 Å². The highest BCUT2D eigenvalue weighted by molar-refractivity contribution is 5.96. The van der Waals surface area contributed by atoms with Crippen molar-refractivity contribution in [3.8, 4) is 11.5 Å². The summed E-state index contributed by atoms with van der Waals surface area (Å²) in [6.07, 6.45) is 1.44. The van der Waals surface area contributed by atoms with Crippen LogP contribution < -0.4 is 20.6 Å². The van der Waals surface area contributed by atoms with Crippen LogP contribution in [0.25, 0.3) is 0 Å². The molecule has 10 nitrogen and oxygen atoms in total. The lowest BCUT2D eigenvalue weighted by Crippen LogP contribution is -2.17. The molecule has 0 aromatic heterocycles. The van der Waals surface area contributed by atoms with Gasteiger partial charge in [0.25, 0.3) is 17.5 Å². The number of carbonyl (C=O) groups is 2. The Labute approximate surface area is 195 Å². The molecule has 3 aromatic carbocycles. The summed E-state index contributed by atoms with van der Waals surface area (Å²) in [5.74, 6) is -0.183. The Hall–Kier alpha value is -4.73. The zero-order valence-electron chi connectivity index (χ0n) is 18.5. The molecule has 0 saturated heterocycles. The molecule has 0 spiro atoms. The molecule has 0 bridgehead atoms. The lowest BCUT2D eigenvalue weighted by atomic mass is 10.1. The van der Waals surface area contributed by atoms with Crippen LogP contribution in [0.4, 0.5) is 5.69 Å². The highest BCUT2D eigenvalue weighted by atomic mass is 16.6. The molecule has 2 amide bonds. The van der Waals surface area contributed by atoms with Crippen molar-refractivity contribution in [3.63, 3.8) is 0 Å². The van der Waals surface area contributed by atoms with Gasteiger partial charge in [0.05, 0.1) is 23.8 Å². The van der Waals surface area contributed by atoms with E-state index in [-0.39, 0.29) is 23.4 Å². The summed E-state index contributed by atoms with van der Waals surface area (Å²) < 4.78 is 11.1. The van der Waals surface area contributed by atoms with Crippen molar-refractivity contribution in [2.24, 2.45) is 10.8 Å². The first-order valence-electron chi connectivity index (χ1n) is 10.1. The van der Waals surface area contributed by atoms with Crippen LogP contribution in [0.1, 0.15) is 37.4 Å². The predicted molar refractivity (Wildman–Crippen MR) is 125 cm³/mol. The lowest BCUT2D eigenvalue weighted by Gasteiger charge is -2.12. The van der Waals surface area contributed by atoms with Gasteiger partial charge in [-0.25, -0.2) is 5.43 Å². The van der Waals surface area contributed by atoms with Crippen LogP contribution in [-0.2, 0) is 6.61 Å². The second-order valence-electron chi connectivity index (χ2n) is 7.18. The fourth-order valence-electron chi connectivity index (χ4n) is 3.17. The molecule has 0 radical (unpaired) electrons. The van der Waals surface area contributed by atoms with Gasteiger partial charge < -0.3 is 15.2 Å². The van der Waals surface area contributed by atoms with Gasteiger partial charge in [-0.15, -0.1) is 0 Å². The van der Waals surface area contributed by atoms with Gasteiger partial charge in [0.2, 0.25) is 0 Å². The third kappa shape index (κ3) is 5.74. The molecule has 10 heteroatoms. The number of nitrogens with zero attached hydrogens (tertiary/aromatic N) is 2. The summed E-state index contributed by atoms with van der Waals surface area (Å²) in [4.78, 5) is 34.3. The van der Waals surface area contributed by atoms with Gasteiger partial charge in [-0.3, -0.25) is 19.7 Å². The molecule has 3 rings (SSSR count). The van der Waals surface area contributed by atoms with Gasteiger partial charge in [-0.05, 0) is 55.0 Å². The Balaban J connectivity index is 1.70. The quantitative estimate of drug-likeness (QED) is 0.283. The number of carbonyl (C=O) groups excluding carboxylic acids is 2. The topological polar surface area (TPSA) is 146 Å². The normalized spacial score (nSPS) is 10.6. The van der Waals surface area contributed by atoms with E-state index in [1.165, 1.54) is 31.5 Å². The van der Waals surface area contributed by atoms with Crippen molar-refractivity contribution in [1.29, 1.82) is 0 Å². The van der Waals surface area contributed by atoms with E-state index < -0.39 is 16.7 Å². The molecule has 34 heavy (non-hydrogen) atoms. The van der Waals surface area contributed by atoms with Gasteiger partial charge in [0.1, 0.15) is 18.1 Å². The first kappa shape index (κ1) is 23.9. The van der Waals surface area contributed by atoms with Gasteiger partial charge in [-0.1, -0.05) is 12.1 Å². The average Bonchev–Trinajstić information content (AvgIpc) is 2.82. The molecule has 0 aliphatic heterocycles. The number of benzene rings is 3. The summed E-state index contributed by atoms with van der Waals surface area (Å²) in [5.41, 5.74) is 9.95. The minimum absolute atomic E-state index is 0.0634. The summed E-state index contributed by atoms with van der Waals surface area (Å²) in [6.45, 7) is 1.66. The zero-order chi connectivity index (χ0) is 24.7. The van der Waals surface area contributed by atoms with E-state index in [1.807, 2.05) is 0 Å². The van der Waals surface area contributed by atoms with Crippen LogP contribution >= 0.6 is 0 Å². The van der Waals surface area contributed by atoms with Crippen molar-refractivity contribution in [1.82, 2.24) is 5.43 Å². The molecular weight excluding hydrogens is 440 g/mol. The minimum atomic E-state index is -0.595. The van der Waals surface area contributed by atoms with Crippen LogP contribution in [0.5, 0.6) is 11.5 Å². The number of nitro groups is 1. The molecule has 0 aliphatic carbocycles. The second-order valence-corrected chi connectivity index (χ2v) is 7.18. The molecule has 0 unspecified atom stereocenters. The summed E-state index contributed by atoms with van der Waals surface area (Å²) >= 11 is 0. The van der Waals surface area contributed by atoms with Gasteiger partial charge in [-0.2, -0.15) is 5.10 Å². The Morgan fingerprint density at radius 1 is 1.12 bits per heavy atom. The zero-order valence-corrected chi connectivity index (χ0v) is 18.5. The summed E-state index contributed by atoms with van der Waals surface area (Å²) in [7, 11) is 1.52. The number of aryl methyl sites for hydroxylation is 1. The Kier molecular flexibility index (Phi) is 7.55. The Morgan fingerprint density at radius 2 is 1.88 bits per heavy atom. The fourth-order valence-corrected chi connectivity index (χ4v) is 3.17. The Bertz CT molecular complexity index is 1270. The number of amides is 2. The number of hydrogen-bond donors (Lipinski definition) is 2. The maximum absolute atomic E-state index is 12.3. The number of rotatable bonds is 9. The smallest absolute Gasteiger partial charge is 0.272 e. The van der Waals surface area contributed by atoms with Crippen LogP contribution in [0.3, 0.4) is 0 Å². The van der Waals surface area contributed by atoms with Crippen molar-refractivity contribution < 1.29 is 24.0 Å². The molecule has 0 atom stereocenters. The monoisotopic (exact) mass is 462 g/mol. The van der Waals surface area contributed by atoms with E-state index in [4.69, 9.17) is 15.2 Å². The van der Waals surface area contributed by atoms with E-state index in [2.05, 4.69) is 10.5 Å². The van der Waals surface area contributed by atoms with Crippen molar-refractivity contribution in [2.45, 2.75) is 13.5 Å². The first-order valence-corrected chi connectivity index (χ1v) is 10.1. The van der Waals surface area contributed by atoms with Crippen LogP contribution in [-0.4, -0.2) is 30.1 Å². The molecular formula is C24H22N4O6. The third-order valence-corrected chi connectivity index (χ3v) is 4.88. The van der Waals surface area contributed by atoms with Crippen molar-refractivity contribution in [3.05, 3.63) is 98.6 Å². The second kappa shape index (κ2) is 10.7. The van der Waals surface area contributed by atoms with Crippen LogP contribution in [0.15, 0.2) is 65.8 Å². The van der Waals surface area contributed by atoms with Crippen molar-refractivity contribution >= 4 is 23.7 Å².